The third-order valence-electron chi connectivity index (χ3n) is 6.83. The molecule has 38 heavy (non-hydrogen) atoms. The van der Waals surface area contributed by atoms with Crippen molar-refractivity contribution in [2.75, 3.05) is 11.9 Å². The number of carbonyl (C=O) groups is 2. The summed E-state index contributed by atoms with van der Waals surface area (Å²) in [5.41, 5.74) is 0.939. The number of aliphatic imine (C=N–C) groups is 1. The Morgan fingerprint density at radius 2 is 1.82 bits per heavy atom. The highest BCUT2D eigenvalue weighted by atomic mass is 35.5. The highest BCUT2D eigenvalue weighted by molar-refractivity contribution is 6.47. The molecular formula is C27H27ClF3N5O2. The van der Waals surface area contributed by atoms with Gasteiger partial charge in [-0.25, -0.2) is 4.98 Å². The molecule has 1 aliphatic heterocycles. The van der Waals surface area contributed by atoms with Crippen LogP contribution in [0.5, 0.6) is 0 Å². The van der Waals surface area contributed by atoms with Crippen LogP contribution in [0.3, 0.4) is 0 Å². The molecule has 0 saturated heterocycles. The maximum atomic E-state index is 13.7. The molecule has 11 heteroatoms. The van der Waals surface area contributed by atoms with Crippen molar-refractivity contribution in [1.29, 1.82) is 0 Å². The second kappa shape index (κ2) is 10.6. The van der Waals surface area contributed by atoms with Gasteiger partial charge in [0.25, 0.3) is 5.91 Å². The van der Waals surface area contributed by atoms with Crippen LogP contribution in [-0.4, -0.2) is 44.2 Å². The molecule has 2 aliphatic rings. The summed E-state index contributed by atoms with van der Waals surface area (Å²) in [5.74, 6) is -0.934. The van der Waals surface area contributed by atoms with E-state index in [2.05, 4.69) is 10.3 Å². The molecule has 0 radical (unpaired) electrons. The fourth-order valence-electron chi connectivity index (χ4n) is 5.03. The van der Waals surface area contributed by atoms with Gasteiger partial charge >= 0.3 is 6.18 Å². The number of nitrogens with zero attached hydrogens (tertiary/aromatic N) is 4. The lowest BCUT2D eigenvalue weighted by molar-refractivity contribution is -0.137. The van der Waals surface area contributed by atoms with Gasteiger partial charge in [0.15, 0.2) is 0 Å². The van der Waals surface area contributed by atoms with Gasteiger partial charge in [-0.15, -0.1) is 12.4 Å². The molecule has 1 aliphatic carbocycles. The van der Waals surface area contributed by atoms with Gasteiger partial charge in [-0.1, -0.05) is 24.6 Å². The summed E-state index contributed by atoms with van der Waals surface area (Å²) in [6.45, 7) is 1.59. The van der Waals surface area contributed by atoms with Crippen LogP contribution in [0.4, 0.5) is 18.9 Å². The Balaban J connectivity index is 0.00000336. The lowest BCUT2D eigenvalue weighted by Crippen LogP contribution is -2.51. The van der Waals surface area contributed by atoms with Crippen molar-refractivity contribution >= 4 is 35.6 Å². The van der Waals surface area contributed by atoms with Gasteiger partial charge in [-0.3, -0.25) is 14.6 Å². The van der Waals surface area contributed by atoms with Crippen LogP contribution < -0.4 is 5.32 Å². The number of aromatic nitrogens is 2. The second-order valence-corrected chi connectivity index (χ2v) is 9.49. The lowest BCUT2D eigenvalue weighted by atomic mass is 9.88. The van der Waals surface area contributed by atoms with Gasteiger partial charge in [0, 0.05) is 23.1 Å². The molecule has 0 bridgehead atoms. The van der Waals surface area contributed by atoms with Gasteiger partial charge in [-0.05, 0) is 62.9 Å². The summed E-state index contributed by atoms with van der Waals surface area (Å²) in [6, 6.07) is 11.9. The van der Waals surface area contributed by atoms with Crippen molar-refractivity contribution in [2.24, 2.45) is 4.99 Å². The number of aryl methyl sites for hydroxylation is 1. The predicted octanol–water partition coefficient (Wildman–Crippen LogP) is 5.55. The van der Waals surface area contributed by atoms with Crippen molar-refractivity contribution < 1.29 is 22.8 Å². The van der Waals surface area contributed by atoms with Crippen molar-refractivity contribution in [3.05, 3.63) is 77.9 Å². The van der Waals surface area contributed by atoms with E-state index in [1.807, 2.05) is 42.0 Å². The molecule has 1 saturated carbocycles. The maximum Gasteiger partial charge on any atom is 0.416 e. The van der Waals surface area contributed by atoms with E-state index in [-0.39, 0.29) is 36.3 Å². The summed E-state index contributed by atoms with van der Waals surface area (Å²) in [4.78, 5) is 37.2. The SMILES string of the molecule is Cc1cn(-c2cccc(C3=NC4(CCCCC4)N(CC(=O)Nc4cccc(C(F)(F)F)c4)C3=O)c2)cn1.Cl. The topological polar surface area (TPSA) is 79.6 Å². The third-order valence-corrected chi connectivity index (χ3v) is 6.83. The summed E-state index contributed by atoms with van der Waals surface area (Å²) in [5, 5.41) is 2.52. The maximum absolute atomic E-state index is 13.7. The largest absolute Gasteiger partial charge is 0.416 e. The van der Waals surface area contributed by atoms with Gasteiger partial charge < -0.3 is 14.8 Å². The van der Waals surface area contributed by atoms with Crippen LogP contribution in [0.2, 0.25) is 0 Å². The Kier molecular flexibility index (Phi) is 7.64. The van der Waals surface area contributed by atoms with Crippen molar-refractivity contribution in [3.63, 3.8) is 0 Å². The molecule has 0 unspecified atom stereocenters. The van der Waals surface area contributed by atoms with E-state index in [0.29, 0.717) is 18.4 Å². The first-order valence-electron chi connectivity index (χ1n) is 12.1. The zero-order valence-electron chi connectivity index (χ0n) is 20.7. The van der Waals surface area contributed by atoms with E-state index in [1.54, 1.807) is 6.33 Å². The Bertz CT molecular complexity index is 1380. The number of rotatable bonds is 5. The molecule has 7 nitrogen and oxygen atoms in total. The summed E-state index contributed by atoms with van der Waals surface area (Å²) >= 11 is 0. The molecule has 5 rings (SSSR count). The number of amides is 2. The molecular weight excluding hydrogens is 519 g/mol. The molecule has 1 N–H and O–H groups in total. The number of imidazole rings is 1. The first-order valence-corrected chi connectivity index (χ1v) is 12.1. The second-order valence-electron chi connectivity index (χ2n) is 9.49. The minimum Gasteiger partial charge on any atom is -0.325 e. The van der Waals surface area contributed by atoms with Gasteiger partial charge in [0.1, 0.15) is 17.9 Å². The fourth-order valence-corrected chi connectivity index (χ4v) is 5.03. The predicted molar refractivity (Wildman–Crippen MR) is 140 cm³/mol. The number of halogens is 4. The zero-order chi connectivity index (χ0) is 26.2. The van der Waals surface area contributed by atoms with E-state index in [1.165, 1.54) is 17.0 Å². The van der Waals surface area contributed by atoms with Crippen LogP contribution in [0.15, 0.2) is 66.0 Å². The van der Waals surface area contributed by atoms with E-state index >= 15 is 0 Å². The minimum absolute atomic E-state index is 0. The summed E-state index contributed by atoms with van der Waals surface area (Å²) < 4.78 is 41.1. The lowest BCUT2D eigenvalue weighted by Gasteiger charge is -2.38. The number of carbonyl (C=O) groups excluding carboxylic acids is 2. The Labute approximate surface area is 224 Å². The molecule has 1 fully saturated rings. The highest BCUT2D eigenvalue weighted by Crippen LogP contribution is 2.40. The van der Waals surface area contributed by atoms with Crippen LogP contribution >= 0.6 is 12.4 Å². The number of hydrogen-bond donors (Lipinski definition) is 1. The summed E-state index contributed by atoms with van der Waals surface area (Å²) in [7, 11) is 0. The van der Waals surface area contributed by atoms with E-state index in [4.69, 9.17) is 4.99 Å². The first kappa shape index (κ1) is 27.4. The van der Waals surface area contributed by atoms with E-state index in [0.717, 1.165) is 42.8 Å². The highest BCUT2D eigenvalue weighted by Gasteiger charge is 2.48. The minimum atomic E-state index is -4.52. The molecule has 2 heterocycles. The average Bonchev–Trinajstić information content (AvgIpc) is 3.42. The molecule has 0 atom stereocenters. The normalized spacial score (nSPS) is 16.8. The van der Waals surface area contributed by atoms with Crippen LogP contribution in [0.25, 0.3) is 5.69 Å². The summed E-state index contributed by atoms with van der Waals surface area (Å²) in [6.07, 6.45) is 3.04. The molecule has 200 valence electrons. The standard InChI is InChI=1S/C27H26F3N5O2.ClH/c1-18-15-34(17-31-18)22-10-5-7-19(13-22)24-25(37)35(26(33-24)11-3-2-4-12-26)16-23(36)32-21-9-6-8-20(14-21)27(28,29)30;/h5-10,13-15,17H,2-4,11-12,16H2,1H3,(H,32,36);1H. The Morgan fingerprint density at radius 1 is 1.08 bits per heavy atom. The van der Waals surface area contributed by atoms with Gasteiger partial charge in [0.05, 0.1) is 17.6 Å². The first-order chi connectivity index (χ1) is 17.6. The van der Waals surface area contributed by atoms with Crippen LogP contribution in [0, 0.1) is 6.92 Å². The Hall–Kier alpha value is -3.66. The molecule has 1 spiro atoms. The van der Waals surface area contributed by atoms with E-state index in [9.17, 15) is 22.8 Å². The molecule has 3 aromatic rings. The number of alkyl halides is 3. The van der Waals surface area contributed by atoms with Crippen LogP contribution in [-0.2, 0) is 15.8 Å². The third kappa shape index (κ3) is 5.45. The van der Waals surface area contributed by atoms with Crippen molar-refractivity contribution in [1.82, 2.24) is 14.5 Å². The molecule has 1 aromatic heterocycles. The van der Waals surface area contributed by atoms with Crippen LogP contribution in [0.1, 0.15) is 48.9 Å². The number of benzene rings is 2. The smallest absolute Gasteiger partial charge is 0.325 e. The molecule has 2 amide bonds. The van der Waals surface area contributed by atoms with Crippen molar-refractivity contribution in [2.45, 2.75) is 50.9 Å². The van der Waals surface area contributed by atoms with Crippen molar-refractivity contribution in [3.8, 4) is 5.69 Å². The molecule has 2 aromatic carbocycles. The van der Waals surface area contributed by atoms with Gasteiger partial charge in [0.2, 0.25) is 5.91 Å². The fraction of sp³-hybridized carbons (Fsp3) is 0.333. The number of anilines is 1. The monoisotopic (exact) mass is 545 g/mol. The average molecular weight is 546 g/mol. The number of nitrogens with one attached hydrogen (secondary N) is 1. The van der Waals surface area contributed by atoms with Gasteiger partial charge in [-0.2, -0.15) is 13.2 Å². The Morgan fingerprint density at radius 3 is 2.50 bits per heavy atom. The quantitative estimate of drug-likeness (QED) is 0.456. The zero-order valence-corrected chi connectivity index (χ0v) is 21.5. The van der Waals surface area contributed by atoms with E-state index < -0.39 is 23.3 Å². The number of hydrogen-bond acceptors (Lipinski definition) is 4.